The van der Waals surface area contributed by atoms with Gasteiger partial charge in [0.1, 0.15) is 5.60 Å². The molecule has 0 spiro atoms. The third-order valence-electron chi connectivity index (χ3n) is 11.4. The van der Waals surface area contributed by atoms with Gasteiger partial charge in [0, 0.05) is 11.8 Å². The minimum absolute atomic E-state index is 0.0101. The van der Waals surface area contributed by atoms with E-state index >= 15 is 0 Å². The molecule has 5 N–H and O–H groups in total. The first-order chi connectivity index (χ1) is 15.3. The topological polar surface area (TPSA) is 101 Å². The Morgan fingerprint density at radius 3 is 2.27 bits per heavy atom. The van der Waals surface area contributed by atoms with Crippen LogP contribution >= 0.6 is 0 Å². The first kappa shape index (κ1) is 25.6. The van der Waals surface area contributed by atoms with Crippen LogP contribution in [0.25, 0.3) is 0 Å². The van der Waals surface area contributed by atoms with Gasteiger partial charge in [-0.15, -0.1) is 0 Å². The van der Waals surface area contributed by atoms with Gasteiger partial charge in [-0.05, 0) is 85.9 Å². The zero-order chi connectivity index (χ0) is 24.5. The first-order valence-corrected chi connectivity index (χ1v) is 13.4. The van der Waals surface area contributed by atoms with Gasteiger partial charge in [0.2, 0.25) is 0 Å². The van der Waals surface area contributed by atoms with Crippen molar-refractivity contribution in [1.29, 1.82) is 0 Å². The van der Waals surface area contributed by atoms with Crippen LogP contribution in [-0.2, 0) is 0 Å². The summed E-state index contributed by atoms with van der Waals surface area (Å²) in [5.41, 5.74) is -1.32. The number of hydrogen-bond donors (Lipinski definition) is 5. The van der Waals surface area contributed by atoms with Crippen molar-refractivity contribution in [2.24, 2.45) is 46.3 Å². The number of aliphatic hydroxyl groups is 5. The van der Waals surface area contributed by atoms with Crippen molar-refractivity contribution < 1.29 is 25.5 Å². The van der Waals surface area contributed by atoms with E-state index in [9.17, 15) is 25.5 Å². The lowest BCUT2D eigenvalue weighted by atomic mass is 9.41. The molecule has 4 saturated carbocycles. The SMILES string of the molecule is C=C(CC[C@@H](C)[C@H]1CC[C@H]2[C@@H]3C[C@@H](O)[C@@]4(O)C[C@@H](O)C[C@H](O)[C@]4(C)[C@H]3[C@@H](O)C[C@]12C)C(C)C. The smallest absolute Gasteiger partial charge is 0.101 e. The van der Waals surface area contributed by atoms with Crippen molar-refractivity contribution in [3.63, 3.8) is 0 Å². The molecule has 4 aliphatic carbocycles. The Bertz CT molecular complexity index is 753. The quantitative estimate of drug-likeness (QED) is 0.400. The van der Waals surface area contributed by atoms with E-state index in [1.807, 2.05) is 6.92 Å². The summed E-state index contributed by atoms with van der Waals surface area (Å²) in [7, 11) is 0. The van der Waals surface area contributed by atoms with Crippen LogP contribution in [0, 0.1) is 46.3 Å². The maximum atomic E-state index is 11.6. The second-order valence-corrected chi connectivity index (χ2v) is 13.2. The highest BCUT2D eigenvalue weighted by Gasteiger charge is 2.72. The molecule has 5 heteroatoms. The van der Waals surface area contributed by atoms with Gasteiger partial charge in [-0.2, -0.15) is 0 Å². The third-order valence-corrected chi connectivity index (χ3v) is 11.4. The summed E-state index contributed by atoms with van der Waals surface area (Å²) >= 11 is 0. The average Bonchev–Trinajstić information content (AvgIpc) is 3.05. The molecule has 0 heterocycles. The van der Waals surface area contributed by atoms with Gasteiger partial charge in [-0.3, -0.25) is 0 Å². The van der Waals surface area contributed by atoms with Crippen LogP contribution in [0.4, 0.5) is 0 Å². The number of fused-ring (bicyclic) bond motifs is 5. The Labute approximate surface area is 200 Å². The molecule has 0 aromatic heterocycles. The Morgan fingerprint density at radius 1 is 0.970 bits per heavy atom. The van der Waals surface area contributed by atoms with Crippen LogP contribution < -0.4 is 0 Å². The van der Waals surface area contributed by atoms with E-state index in [1.165, 1.54) is 5.57 Å². The van der Waals surface area contributed by atoms with Crippen molar-refractivity contribution in [3.05, 3.63) is 12.2 Å². The molecule has 0 aromatic carbocycles. The lowest BCUT2D eigenvalue weighted by Crippen LogP contribution is -2.74. The molecule has 0 radical (unpaired) electrons. The second kappa shape index (κ2) is 8.58. The normalized spacial score (nSPS) is 52.7. The number of hydrogen-bond acceptors (Lipinski definition) is 5. The van der Waals surface area contributed by atoms with E-state index in [0.717, 1.165) is 25.7 Å². The summed E-state index contributed by atoms with van der Waals surface area (Å²) in [6.45, 7) is 15.2. The number of allylic oxidation sites excluding steroid dienone is 1. The van der Waals surface area contributed by atoms with Gasteiger partial charge in [0.25, 0.3) is 0 Å². The molecule has 4 aliphatic rings. The maximum absolute atomic E-state index is 11.6. The highest BCUT2D eigenvalue weighted by Crippen LogP contribution is 2.69. The molecule has 0 aromatic rings. The summed E-state index contributed by atoms with van der Waals surface area (Å²) in [5.74, 6) is 1.71. The summed E-state index contributed by atoms with van der Waals surface area (Å²) in [6, 6.07) is 0. The fourth-order valence-corrected chi connectivity index (χ4v) is 9.32. The zero-order valence-corrected chi connectivity index (χ0v) is 21.4. The van der Waals surface area contributed by atoms with Crippen LogP contribution in [0.3, 0.4) is 0 Å². The molecule has 33 heavy (non-hydrogen) atoms. The lowest BCUT2D eigenvalue weighted by Gasteiger charge is -2.67. The van der Waals surface area contributed by atoms with Gasteiger partial charge in [0.15, 0.2) is 0 Å². The van der Waals surface area contributed by atoms with E-state index in [1.54, 1.807) is 0 Å². The minimum atomic E-state index is -1.58. The van der Waals surface area contributed by atoms with Crippen molar-refractivity contribution in [1.82, 2.24) is 0 Å². The van der Waals surface area contributed by atoms with E-state index in [-0.39, 0.29) is 30.1 Å². The Hall–Kier alpha value is -0.460. The number of rotatable bonds is 5. The molecule has 5 nitrogen and oxygen atoms in total. The average molecular weight is 465 g/mol. The van der Waals surface area contributed by atoms with Crippen LogP contribution in [0.15, 0.2) is 12.2 Å². The zero-order valence-electron chi connectivity index (χ0n) is 21.4. The molecular formula is C28H48O5. The molecular weight excluding hydrogens is 416 g/mol. The maximum Gasteiger partial charge on any atom is 0.101 e. The van der Waals surface area contributed by atoms with Crippen molar-refractivity contribution in [2.75, 3.05) is 0 Å². The van der Waals surface area contributed by atoms with Gasteiger partial charge < -0.3 is 25.5 Å². The van der Waals surface area contributed by atoms with Crippen molar-refractivity contribution in [2.45, 2.75) is 116 Å². The van der Waals surface area contributed by atoms with Gasteiger partial charge >= 0.3 is 0 Å². The largest absolute Gasteiger partial charge is 0.393 e. The minimum Gasteiger partial charge on any atom is -0.393 e. The summed E-state index contributed by atoms with van der Waals surface area (Å²) in [5, 5.41) is 55.9. The molecule has 0 saturated heterocycles. The summed E-state index contributed by atoms with van der Waals surface area (Å²) in [4.78, 5) is 0. The fraction of sp³-hybridized carbons (Fsp3) is 0.929. The predicted molar refractivity (Wildman–Crippen MR) is 129 cm³/mol. The molecule has 0 bridgehead atoms. The summed E-state index contributed by atoms with van der Waals surface area (Å²) in [6.07, 6.45) is 2.27. The number of aliphatic hydroxyl groups excluding tert-OH is 4. The van der Waals surface area contributed by atoms with E-state index < -0.39 is 35.4 Å². The predicted octanol–water partition coefficient (Wildman–Crippen LogP) is 3.66. The van der Waals surface area contributed by atoms with Gasteiger partial charge in [0.05, 0.1) is 24.4 Å². The van der Waals surface area contributed by atoms with Crippen LogP contribution in [0.5, 0.6) is 0 Å². The Kier molecular flexibility index (Phi) is 6.67. The first-order valence-electron chi connectivity index (χ1n) is 13.4. The van der Waals surface area contributed by atoms with Crippen molar-refractivity contribution >= 4 is 0 Å². The highest BCUT2D eigenvalue weighted by molar-refractivity contribution is 5.21. The van der Waals surface area contributed by atoms with Crippen LogP contribution in [0.2, 0.25) is 0 Å². The van der Waals surface area contributed by atoms with E-state index in [0.29, 0.717) is 36.5 Å². The molecule has 4 rings (SSSR count). The molecule has 0 aliphatic heterocycles. The molecule has 190 valence electrons. The molecule has 4 fully saturated rings. The summed E-state index contributed by atoms with van der Waals surface area (Å²) < 4.78 is 0. The van der Waals surface area contributed by atoms with Crippen LogP contribution in [0.1, 0.15) is 86.0 Å². The highest BCUT2D eigenvalue weighted by atomic mass is 16.4. The molecule has 12 atom stereocenters. The Balaban J connectivity index is 1.61. The van der Waals surface area contributed by atoms with Gasteiger partial charge in [-0.1, -0.05) is 46.8 Å². The van der Waals surface area contributed by atoms with Gasteiger partial charge in [-0.25, -0.2) is 0 Å². The lowest BCUT2D eigenvalue weighted by molar-refractivity contribution is -0.310. The Morgan fingerprint density at radius 2 is 1.64 bits per heavy atom. The van der Waals surface area contributed by atoms with Crippen molar-refractivity contribution in [3.8, 4) is 0 Å². The third kappa shape index (κ3) is 3.67. The standard InChI is InChI=1S/C28H48O5/c1-15(2)16(3)7-8-17(4)20-9-10-21-19-12-24(32)28(33)13-18(29)11-23(31)27(28,6)25(19)22(30)14-26(20,21)5/h15,17-25,29-33H,3,7-14H2,1-2,4-6H3/t17-,18+,19+,20-,21+,22+,23+,24-,25-,26-,27-,28+/m1/s1. The van der Waals surface area contributed by atoms with Crippen LogP contribution in [-0.4, -0.2) is 55.5 Å². The van der Waals surface area contributed by atoms with E-state index in [2.05, 4.69) is 34.3 Å². The molecule has 0 unspecified atom stereocenters. The second-order valence-electron chi connectivity index (χ2n) is 13.2. The van der Waals surface area contributed by atoms with E-state index in [4.69, 9.17) is 0 Å². The fourth-order valence-electron chi connectivity index (χ4n) is 9.32. The monoisotopic (exact) mass is 464 g/mol. The molecule has 0 amide bonds.